The van der Waals surface area contributed by atoms with Crippen molar-refractivity contribution in [3.8, 4) is 0 Å². The number of halogens is 2. The van der Waals surface area contributed by atoms with Crippen LogP contribution < -0.4 is 9.62 Å². The molecule has 4 heterocycles. The van der Waals surface area contributed by atoms with E-state index in [0.29, 0.717) is 37.1 Å². The molecule has 0 radical (unpaired) electrons. The SMILES string of the molecule is CC1(C)C[C@H](CCCN2C(=O)c3ccccc3C2=O)CN1c1nc(Cl)ccc1C(=O)NS(=O)(=O)c1cccc(F)n1. The lowest BCUT2D eigenvalue weighted by molar-refractivity contribution is 0.0649. The Morgan fingerprint density at radius 3 is 2.39 bits per heavy atom. The molecular weight excluding hydrogens is 573 g/mol. The van der Waals surface area contributed by atoms with Crippen molar-refractivity contribution in [1.82, 2.24) is 19.6 Å². The van der Waals surface area contributed by atoms with Gasteiger partial charge in [-0.15, -0.1) is 0 Å². The minimum atomic E-state index is -4.46. The third-order valence-corrected chi connectivity index (χ3v) is 8.81. The predicted molar refractivity (Wildman–Crippen MR) is 149 cm³/mol. The Hall–Kier alpha value is -3.90. The molecule has 2 aliphatic rings. The van der Waals surface area contributed by atoms with Crippen molar-refractivity contribution in [1.29, 1.82) is 0 Å². The topological polar surface area (TPSA) is 130 Å². The Morgan fingerprint density at radius 2 is 1.73 bits per heavy atom. The molecule has 10 nitrogen and oxygen atoms in total. The van der Waals surface area contributed by atoms with E-state index < -0.39 is 32.4 Å². The van der Waals surface area contributed by atoms with Gasteiger partial charge in [0.05, 0.1) is 16.7 Å². The number of benzene rings is 1. The van der Waals surface area contributed by atoms with Crippen LogP contribution in [-0.2, 0) is 10.0 Å². The van der Waals surface area contributed by atoms with E-state index in [1.165, 1.54) is 23.1 Å². The van der Waals surface area contributed by atoms with Crippen molar-refractivity contribution in [3.05, 3.63) is 82.4 Å². The van der Waals surface area contributed by atoms with Gasteiger partial charge in [-0.3, -0.25) is 19.3 Å². The summed E-state index contributed by atoms with van der Waals surface area (Å²) < 4.78 is 40.9. The summed E-state index contributed by atoms with van der Waals surface area (Å²) in [7, 11) is -4.46. The van der Waals surface area contributed by atoms with Crippen LogP contribution in [0.4, 0.5) is 10.2 Å². The van der Waals surface area contributed by atoms with Gasteiger partial charge in [0.25, 0.3) is 27.7 Å². The number of imide groups is 1. The Morgan fingerprint density at radius 1 is 1.05 bits per heavy atom. The van der Waals surface area contributed by atoms with Crippen LogP contribution in [0.5, 0.6) is 0 Å². The first-order chi connectivity index (χ1) is 19.4. The van der Waals surface area contributed by atoms with Gasteiger partial charge in [0.2, 0.25) is 5.95 Å². The standard InChI is InChI=1S/C28H27ClFN5O5S/c1-28(2)15-17(7-6-14-34-26(37)18-8-3-4-9-19(18)27(34)38)16-35(28)24-20(12-13-21(29)31-24)25(36)33-41(39,40)23-11-5-10-22(30)32-23/h3-5,8-13,17H,6-7,14-16H2,1-2H3,(H,33,36)/t17-/m0/s1. The molecule has 0 bridgehead atoms. The molecule has 1 saturated heterocycles. The number of hydrogen-bond donors (Lipinski definition) is 1. The van der Waals surface area contributed by atoms with Gasteiger partial charge in [-0.25, -0.2) is 14.7 Å². The zero-order chi connectivity index (χ0) is 29.5. The zero-order valence-corrected chi connectivity index (χ0v) is 23.9. The average Bonchev–Trinajstić information content (AvgIpc) is 3.35. The fraction of sp³-hybridized carbons (Fsp3) is 0.321. The molecule has 1 aromatic carbocycles. The van der Waals surface area contributed by atoms with Gasteiger partial charge in [-0.1, -0.05) is 29.8 Å². The minimum absolute atomic E-state index is 0.0193. The Balaban J connectivity index is 1.29. The fourth-order valence-corrected chi connectivity index (χ4v) is 6.58. The van der Waals surface area contributed by atoms with Gasteiger partial charge in [-0.05, 0) is 75.4 Å². The number of rotatable bonds is 8. The van der Waals surface area contributed by atoms with Crippen LogP contribution in [0, 0.1) is 11.9 Å². The van der Waals surface area contributed by atoms with Crippen LogP contribution in [0.25, 0.3) is 0 Å². The lowest BCUT2D eigenvalue weighted by Crippen LogP contribution is -2.41. The first kappa shape index (κ1) is 28.6. The second kappa shape index (κ2) is 10.8. The lowest BCUT2D eigenvalue weighted by Gasteiger charge is -2.33. The Labute approximate surface area is 241 Å². The largest absolute Gasteiger partial charge is 0.350 e. The second-order valence-corrected chi connectivity index (χ2v) is 12.7. The number of carbonyl (C=O) groups is 3. The first-order valence-electron chi connectivity index (χ1n) is 13.0. The number of sulfonamides is 1. The van der Waals surface area contributed by atoms with Gasteiger partial charge in [0.1, 0.15) is 11.0 Å². The van der Waals surface area contributed by atoms with Gasteiger partial charge in [0.15, 0.2) is 5.03 Å². The summed E-state index contributed by atoms with van der Waals surface area (Å²) in [6.45, 7) is 4.74. The molecule has 3 amide bonds. The molecule has 0 spiro atoms. The molecule has 1 N–H and O–H groups in total. The van der Waals surface area contributed by atoms with Crippen LogP contribution in [0.2, 0.25) is 5.15 Å². The summed E-state index contributed by atoms with van der Waals surface area (Å²) in [6, 6.07) is 12.8. The maximum absolute atomic E-state index is 13.5. The van der Waals surface area contributed by atoms with E-state index in [1.54, 1.807) is 24.3 Å². The van der Waals surface area contributed by atoms with Crippen molar-refractivity contribution < 1.29 is 27.2 Å². The van der Waals surface area contributed by atoms with Gasteiger partial charge < -0.3 is 4.90 Å². The fourth-order valence-electron chi connectivity index (χ4n) is 5.51. The molecule has 41 heavy (non-hydrogen) atoms. The third kappa shape index (κ3) is 5.66. The molecule has 0 saturated carbocycles. The van der Waals surface area contributed by atoms with E-state index in [0.717, 1.165) is 18.6 Å². The number of carbonyl (C=O) groups excluding carboxylic acids is 3. The summed E-state index contributed by atoms with van der Waals surface area (Å²) in [4.78, 5) is 49.5. The number of pyridine rings is 2. The second-order valence-electron chi connectivity index (χ2n) is 10.7. The third-order valence-electron chi connectivity index (χ3n) is 7.37. The van der Waals surface area contributed by atoms with Crippen molar-refractivity contribution in [2.45, 2.75) is 43.7 Å². The van der Waals surface area contributed by atoms with E-state index in [2.05, 4.69) is 9.97 Å². The number of anilines is 1. The van der Waals surface area contributed by atoms with E-state index >= 15 is 0 Å². The summed E-state index contributed by atoms with van der Waals surface area (Å²) in [6.07, 6.45) is 2.01. The maximum atomic E-state index is 13.5. The molecule has 1 atom stereocenters. The molecule has 1 fully saturated rings. The number of nitrogens with zero attached hydrogens (tertiary/aromatic N) is 4. The van der Waals surface area contributed by atoms with E-state index in [-0.39, 0.29) is 34.3 Å². The summed E-state index contributed by atoms with van der Waals surface area (Å²) in [5.41, 5.74) is 0.335. The van der Waals surface area contributed by atoms with Crippen molar-refractivity contribution in [3.63, 3.8) is 0 Å². The van der Waals surface area contributed by atoms with E-state index in [9.17, 15) is 27.2 Å². The summed E-state index contributed by atoms with van der Waals surface area (Å²) in [5.74, 6) is -2.19. The number of amides is 3. The lowest BCUT2D eigenvalue weighted by atomic mass is 9.93. The van der Waals surface area contributed by atoms with E-state index in [1.807, 2.05) is 23.5 Å². The summed E-state index contributed by atoms with van der Waals surface area (Å²) >= 11 is 6.19. The maximum Gasteiger partial charge on any atom is 0.281 e. The Kier molecular flexibility index (Phi) is 7.56. The highest BCUT2D eigenvalue weighted by atomic mass is 35.5. The smallest absolute Gasteiger partial charge is 0.281 e. The van der Waals surface area contributed by atoms with Crippen LogP contribution in [0.15, 0.2) is 59.6 Å². The molecule has 5 rings (SSSR count). The number of aromatic nitrogens is 2. The van der Waals surface area contributed by atoms with Crippen LogP contribution >= 0.6 is 11.6 Å². The van der Waals surface area contributed by atoms with Crippen LogP contribution in [0.3, 0.4) is 0 Å². The molecule has 0 unspecified atom stereocenters. The first-order valence-corrected chi connectivity index (χ1v) is 14.8. The number of nitrogens with one attached hydrogen (secondary N) is 1. The molecule has 2 aromatic heterocycles. The van der Waals surface area contributed by atoms with Gasteiger partial charge >= 0.3 is 0 Å². The molecule has 0 aliphatic carbocycles. The highest BCUT2D eigenvalue weighted by Crippen LogP contribution is 2.40. The van der Waals surface area contributed by atoms with Gasteiger partial charge in [0, 0.05) is 18.6 Å². The Bertz CT molecular complexity index is 1630. The highest BCUT2D eigenvalue weighted by Gasteiger charge is 2.41. The van der Waals surface area contributed by atoms with Crippen LogP contribution in [-0.4, -0.2) is 59.6 Å². The zero-order valence-electron chi connectivity index (χ0n) is 22.3. The monoisotopic (exact) mass is 599 g/mol. The molecule has 3 aromatic rings. The van der Waals surface area contributed by atoms with Gasteiger partial charge in [-0.2, -0.15) is 12.8 Å². The predicted octanol–water partition coefficient (Wildman–Crippen LogP) is 4.07. The van der Waals surface area contributed by atoms with Crippen LogP contribution in [0.1, 0.15) is 64.2 Å². The normalized spacial score (nSPS) is 18.1. The quantitative estimate of drug-likeness (QED) is 0.303. The van der Waals surface area contributed by atoms with E-state index in [4.69, 9.17) is 11.6 Å². The van der Waals surface area contributed by atoms with Crippen molar-refractivity contribution in [2.75, 3.05) is 18.0 Å². The molecule has 13 heteroatoms. The highest BCUT2D eigenvalue weighted by molar-refractivity contribution is 7.90. The van der Waals surface area contributed by atoms with Crippen molar-refractivity contribution in [2.24, 2.45) is 5.92 Å². The minimum Gasteiger partial charge on any atom is -0.350 e. The molecule has 2 aliphatic heterocycles. The molecular formula is C28H27ClFN5O5S. The van der Waals surface area contributed by atoms with Crippen molar-refractivity contribution >= 4 is 45.2 Å². The number of hydrogen-bond acceptors (Lipinski definition) is 8. The number of fused-ring (bicyclic) bond motifs is 1. The molecule has 214 valence electrons. The summed E-state index contributed by atoms with van der Waals surface area (Å²) in [5, 5.41) is -0.509. The average molecular weight is 600 g/mol.